The third kappa shape index (κ3) is 26.1. The van der Waals surface area contributed by atoms with E-state index in [1.165, 1.54) is 40.6 Å². The molecule has 0 unspecified atom stereocenters. The average Bonchev–Trinajstić information content (AvgIpc) is 1.67. The number of aromatic hydroxyl groups is 1. The van der Waals surface area contributed by atoms with E-state index in [1.54, 1.807) is 45.2 Å². The summed E-state index contributed by atoms with van der Waals surface area (Å²) in [7, 11) is 5.08. The molecule has 21 nitrogen and oxygen atoms in total. The Kier molecular flexibility index (Phi) is 31.2. The van der Waals surface area contributed by atoms with Crippen LogP contribution in [-0.2, 0) is 62.4 Å². The predicted molar refractivity (Wildman–Crippen MR) is 363 cm³/mol. The van der Waals surface area contributed by atoms with Gasteiger partial charge in [-0.1, -0.05) is 144 Å². The fourth-order valence-corrected chi connectivity index (χ4v) is 14.4. The monoisotopic (exact) mass is 1340 g/mol. The lowest BCUT2D eigenvalue weighted by molar-refractivity contribution is -0.136. The smallest absolute Gasteiger partial charge is 0.407 e. The number of carbonyl (C=O) groups is 9. The number of fused-ring (bicyclic) bond motifs is 1. The third-order valence-electron chi connectivity index (χ3n) is 15.1. The van der Waals surface area contributed by atoms with E-state index >= 15 is 14.4 Å². The van der Waals surface area contributed by atoms with Gasteiger partial charge in [0.05, 0.1) is 12.1 Å². The molecule has 0 spiro atoms. The van der Waals surface area contributed by atoms with Crippen LogP contribution in [0.4, 0.5) is 4.79 Å². The van der Waals surface area contributed by atoms with Gasteiger partial charge in [0.2, 0.25) is 41.4 Å². The molecule has 1 aliphatic carbocycles. The molecule has 0 bridgehead atoms. The van der Waals surface area contributed by atoms with Crippen molar-refractivity contribution < 1.29 is 58.1 Å². The number of pyridine rings is 1. The van der Waals surface area contributed by atoms with E-state index in [4.69, 9.17) is 4.74 Å². The number of ketones is 1. The van der Waals surface area contributed by atoms with Crippen molar-refractivity contribution >= 4 is 102 Å². The number of unbranched alkanes of at least 4 members (excludes halogenated alkanes) is 5. The van der Waals surface area contributed by atoms with Crippen molar-refractivity contribution in [3.8, 4) is 5.75 Å². The molecule has 6 rings (SSSR count). The van der Waals surface area contributed by atoms with Gasteiger partial charge in [0.1, 0.15) is 46.6 Å². The second-order valence-corrected chi connectivity index (χ2v) is 28.8. The minimum atomic E-state index is -1.67. The van der Waals surface area contributed by atoms with E-state index in [1.807, 2.05) is 72.8 Å². The third-order valence-corrected chi connectivity index (χ3v) is 19.8. The normalized spacial score (nSPS) is 20.1. The van der Waals surface area contributed by atoms with Crippen LogP contribution >= 0.6 is 43.2 Å². The molecular weight excluding hydrogens is 1250 g/mol. The van der Waals surface area contributed by atoms with Crippen molar-refractivity contribution in [2.75, 3.05) is 30.3 Å². The zero-order chi connectivity index (χ0) is 66.4. The highest BCUT2D eigenvalue weighted by Crippen LogP contribution is 2.32. The van der Waals surface area contributed by atoms with Gasteiger partial charge < -0.3 is 57.5 Å². The number of nitrogens with zero attached hydrogens (tertiary/aromatic N) is 1. The van der Waals surface area contributed by atoms with E-state index in [2.05, 4.69) is 54.4 Å². The van der Waals surface area contributed by atoms with Crippen LogP contribution in [0.25, 0.3) is 5.57 Å². The van der Waals surface area contributed by atoms with Crippen LogP contribution in [0.3, 0.4) is 0 Å². The van der Waals surface area contributed by atoms with Crippen molar-refractivity contribution in [3.05, 3.63) is 132 Å². The highest BCUT2D eigenvalue weighted by molar-refractivity contribution is 8.77. The van der Waals surface area contributed by atoms with Gasteiger partial charge in [-0.3, -0.25) is 38.4 Å². The van der Waals surface area contributed by atoms with Crippen molar-refractivity contribution in [1.29, 1.82) is 0 Å². The first-order chi connectivity index (χ1) is 44.2. The topological polar surface area (TPSA) is 312 Å². The maximum atomic E-state index is 15.3. The van der Waals surface area contributed by atoms with E-state index < -0.39 is 108 Å². The molecule has 8 amide bonds. The number of Topliss-reactive ketones (excluding diaryl/α,β-unsaturated/α-hetero) is 1. The molecule has 3 aromatic carbocycles. The first kappa shape index (κ1) is 74.0. The summed E-state index contributed by atoms with van der Waals surface area (Å²) in [5.74, 6) is -6.50. The van der Waals surface area contributed by atoms with Gasteiger partial charge in [-0.05, 0) is 129 Å². The van der Waals surface area contributed by atoms with Crippen molar-refractivity contribution in [3.63, 3.8) is 0 Å². The minimum Gasteiger partial charge on any atom is -0.508 e. The summed E-state index contributed by atoms with van der Waals surface area (Å²) in [4.78, 5) is 134. The van der Waals surface area contributed by atoms with Gasteiger partial charge in [0.15, 0.2) is 5.78 Å². The minimum absolute atomic E-state index is 0.0371. The lowest BCUT2D eigenvalue weighted by atomic mass is 9.90. The number of aromatic nitrogens is 1. The second kappa shape index (κ2) is 38.8. The number of allylic oxidation sites excluding steroid dienone is 1. The van der Waals surface area contributed by atoms with Crippen LogP contribution in [-0.4, -0.2) is 147 Å². The van der Waals surface area contributed by atoms with Gasteiger partial charge in [-0.2, -0.15) is 0 Å². The number of amides is 8. The maximum absolute atomic E-state index is 15.3. The molecule has 2 heterocycles. The maximum Gasteiger partial charge on any atom is 0.407 e. The number of nitrogens with one attached hydrogen (secondary N) is 8. The molecule has 1 aliphatic heterocycles. The number of benzene rings is 3. The Morgan fingerprint density at radius 3 is 2.17 bits per heavy atom. The van der Waals surface area contributed by atoms with Crippen molar-refractivity contribution in [1.82, 2.24) is 47.5 Å². The highest BCUT2D eigenvalue weighted by Gasteiger charge is 2.37. The molecule has 0 radical (unpaired) electrons. The largest absolute Gasteiger partial charge is 0.508 e. The lowest BCUT2D eigenvalue weighted by Gasteiger charge is -2.29. The van der Waals surface area contributed by atoms with E-state index in [-0.39, 0.29) is 74.8 Å². The molecule has 2 aliphatic rings. The predicted octanol–water partition coefficient (Wildman–Crippen LogP) is 7.47. The van der Waals surface area contributed by atoms with Crippen molar-refractivity contribution in [2.24, 2.45) is 5.92 Å². The van der Waals surface area contributed by atoms with E-state index in [9.17, 15) is 39.0 Å². The van der Waals surface area contributed by atoms with E-state index in [0.29, 0.717) is 30.6 Å². The zero-order valence-electron chi connectivity index (χ0n) is 53.0. The number of phenols is 1. The van der Waals surface area contributed by atoms with Crippen LogP contribution in [0.1, 0.15) is 128 Å². The Bertz CT molecular complexity index is 3100. The van der Waals surface area contributed by atoms with Gasteiger partial charge in [0, 0.05) is 68.1 Å². The summed E-state index contributed by atoms with van der Waals surface area (Å²) in [6, 6.07) is 20.2. The number of ether oxygens (including phenoxy) is 1. The van der Waals surface area contributed by atoms with Gasteiger partial charge in [-0.15, -0.1) is 0 Å². The molecule has 0 saturated carbocycles. The van der Waals surface area contributed by atoms with Crippen LogP contribution in [0, 0.1) is 5.92 Å². The number of alkyl carbamates (subject to hydrolysis) is 1. The number of carbonyl (C=O) groups excluding carboxylic acids is 9. The Labute approximate surface area is 555 Å². The Morgan fingerprint density at radius 2 is 1.45 bits per heavy atom. The Balaban J connectivity index is 1.37. The summed E-state index contributed by atoms with van der Waals surface area (Å²) in [6.45, 7) is 8.88. The van der Waals surface area contributed by atoms with Crippen LogP contribution in [0.5, 0.6) is 5.75 Å². The highest BCUT2D eigenvalue weighted by atomic mass is 33.1. The Hall–Kier alpha value is -7.06. The first-order valence-corrected chi connectivity index (χ1v) is 36.3. The van der Waals surface area contributed by atoms with Crippen LogP contribution in [0.15, 0.2) is 114 Å². The molecule has 1 fully saturated rings. The summed E-state index contributed by atoms with van der Waals surface area (Å²) >= 11 is 0. The standard InChI is InChI=1S/C67H89N9O12S4/c1-6-7-8-9-13-25-57(80)71-52(38-44-20-11-10-12-21-44)63(84)74-54-41-90-91-42-55(61(82)69-35-36-89-92-58-26-17-19-33-68-58)75-65(86)59(43(2)77)76-62(83)51(24-16-18-34-70-66(87)88-67(3,4)5)72-64(85)53(39-47-30-29-46-22-14-15-23-50(46)47)73-60(81)48(40-56(54)79)37-45-27-31-49(78)32-28-45/h10-12,14-15,17,19-23,26-28,30-33,43,48,51-55,59,77-78H,6-9,13,16,18,24-25,29,34-42H2,1-5H3,(H,69,82)(H,70,87)(H,71,80)(H,72,85)(H,73,81)(H,74,84)(H,75,86)(H,76,83)/t43-,48-,51+,52-,53-,54+,55+,59+/m1/s1. The second-order valence-electron chi connectivity index (χ2n) is 23.8. The Morgan fingerprint density at radius 1 is 0.739 bits per heavy atom. The molecule has 8 atom stereocenters. The molecule has 10 N–H and O–H groups in total. The van der Waals surface area contributed by atoms with Gasteiger partial charge in [-0.25, -0.2) is 9.78 Å². The van der Waals surface area contributed by atoms with Gasteiger partial charge >= 0.3 is 6.09 Å². The van der Waals surface area contributed by atoms with Crippen LogP contribution < -0.4 is 42.5 Å². The summed E-state index contributed by atoms with van der Waals surface area (Å²) in [5, 5.41) is 44.8. The SMILES string of the molecule is CCCCCCCC(=O)N[C@H](Cc1ccccc1)C(=O)N[C@H]1CSSC[C@@H](C(=O)NCCSSc2ccccn2)NC(=O)[C@H]([C@@H](C)O)NC(=O)[C@H](CCCCNC(=O)OC(C)(C)C)NC(=O)[C@@H](CC2=CCc3ccccc32)NC(=O)[C@H](Cc2ccc(O)cc2)CC1=O. The summed E-state index contributed by atoms with van der Waals surface area (Å²) in [5.41, 5.74) is 3.12. The van der Waals surface area contributed by atoms with Gasteiger partial charge in [0.25, 0.3) is 0 Å². The fraction of sp³-hybridized carbons (Fsp3) is 0.493. The average molecular weight is 1340 g/mol. The number of phenolic OH excluding ortho intramolecular Hbond substituents is 1. The molecular formula is C67H89N9O12S4. The van der Waals surface area contributed by atoms with E-state index in [0.717, 1.165) is 74.6 Å². The zero-order valence-corrected chi connectivity index (χ0v) is 56.3. The summed E-state index contributed by atoms with van der Waals surface area (Å²) < 4.78 is 5.38. The number of hydrogen-bond donors (Lipinski definition) is 10. The summed E-state index contributed by atoms with van der Waals surface area (Å²) in [6.07, 6.45) is 6.62. The van der Waals surface area contributed by atoms with Crippen molar-refractivity contribution in [2.45, 2.75) is 177 Å². The molecule has 92 heavy (non-hydrogen) atoms. The number of rotatable bonds is 27. The molecule has 25 heteroatoms. The molecule has 4 aromatic rings. The fourth-order valence-electron chi connectivity index (χ4n) is 10.2. The lowest BCUT2D eigenvalue weighted by Crippen LogP contribution is -2.61. The number of hydrogen-bond acceptors (Lipinski definition) is 17. The molecule has 1 saturated heterocycles. The number of aliphatic hydroxyl groups is 1. The molecule has 498 valence electrons. The number of aliphatic hydroxyl groups excluding tert-OH is 1. The van der Waals surface area contributed by atoms with Crippen LogP contribution in [0.2, 0.25) is 0 Å². The molecule has 1 aromatic heterocycles. The quantitative estimate of drug-likeness (QED) is 0.0204. The first-order valence-electron chi connectivity index (χ1n) is 31.5.